The van der Waals surface area contributed by atoms with Gasteiger partial charge in [-0.1, -0.05) is 0 Å². The average molecular weight is 1200 g/mol. The van der Waals surface area contributed by atoms with Crippen molar-refractivity contribution in [2.75, 3.05) is 0 Å². The van der Waals surface area contributed by atoms with Gasteiger partial charge in [0.2, 0.25) is 0 Å². The van der Waals surface area contributed by atoms with Crippen LogP contribution in [0, 0.1) is 0 Å². The van der Waals surface area contributed by atoms with Gasteiger partial charge in [0.25, 0.3) is 0 Å². The fraction of sp³-hybridized carbons (Fsp3) is 0.290. The summed E-state index contributed by atoms with van der Waals surface area (Å²) >= 11 is -3.62. The monoisotopic (exact) mass is 1190 g/mol. The Morgan fingerprint density at radius 2 is 0.886 bits per heavy atom. The van der Waals surface area contributed by atoms with Crippen molar-refractivity contribution in [3.63, 3.8) is 0 Å². The molecule has 0 amide bonds. The molecule has 70 heavy (non-hydrogen) atoms. The van der Waals surface area contributed by atoms with Gasteiger partial charge < -0.3 is 49.6 Å². The van der Waals surface area contributed by atoms with Crippen LogP contribution < -0.4 is 49.6 Å². The Balaban J connectivity index is 0.000000250. The maximum absolute atomic E-state index is 2.64. The zero-order chi connectivity index (χ0) is 45.7. The quantitative estimate of drug-likeness (QED) is 0.106. The van der Waals surface area contributed by atoms with Crippen molar-refractivity contribution in [1.82, 2.24) is 0 Å². The molecule has 4 aliphatic carbocycles. The molecule has 8 heteroatoms. The van der Waals surface area contributed by atoms with Crippen LogP contribution in [-0.2, 0) is 48.2 Å². The van der Waals surface area contributed by atoms with E-state index < -0.39 is 41.8 Å². The fourth-order valence-electron chi connectivity index (χ4n) is 12.3. The molecule has 4 unspecified atom stereocenters. The minimum Gasteiger partial charge on any atom is -1.00 e. The maximum atomic E-state index is 2.64. The Kier molecular flexibility index (Phi) is 22.8. The number of benzene rings is 6. The van der Waals surface area contributed by atoms with Crippen molar-refractivity contribution >= 4 is 37.6 Å². The molecule has 0 aliphatic heterocycles. The second kappa shape index (κ2) is 27.3. The van der Waals surface area contributed by atoms with Crippen molar-refractivity contribution in [2.45, 2.75) is 107 Å². The van der Waals surface area contributed by atoms with E-state index in [1.807, 2.05) is 0 Å². The number of rotatable bonds is 15. The molecular weight excluding hydrogens is 1130 g/mol. The predicted molar refractivity (Wildman–Crippen MR) is 288 cm³/mol. The summed E-state index contributed by atoms with van der Waals surface area (Å²) < 4.78 is 3.04. The summed E-state index contributed by atoms with van der Waals surface area (Å²) in [5, 5.41) is 0. The molecule has 6 aromatic rings. The van der Waals surface area contributed by atoms with E-state index in [-0.39, 0.29) is 62.9 Å². The van der Waals surface area contributed by atoms with Gasteiger partial charge in [-0.3, -0.25) is 0 Å². The molecule has 0 bridgehead atoms. The van der Waals surface area contributed by atoms with Gasteiger partial charge in [-0.25, -0.2) is 0 Å². The van der Waals surface area contributed by atoms with E-state index in [1.54, 1.807) is 50.1 Å². The van der Waals surface area contributed by atoms with E-state index in [0.717, 1.165) is 14.5 Å². The summed E-state index contributed by atoms with van der Waals surface area (Å²) in [5.41, 5.74) is 26.6. The number of hydrogen-bond acceptors (Lipinski definition) is 0. The first-order valence-corrected chi connectivity index (χ1v) is 45.8. The van der Waals surface area contributed by atoms with Crippen LogP contribution >= 0.6 is 0 Å². The topological polar surface area (TPSA) is 0 Å². The Hall–Kier alpha value is -2.36. The normalized spacial score (nSPS) is 17.8. The van der Waals surface area contributed by atoms with E-state index >= 15 is 0 Å². The first-order valence-electron chi connectivity index (χ1n) is 25.5. The minimum atomic E-state index is -1.85. The summed E-state index contributed by atoms with van der Waals surface area (Å²) in [4.78, 5) is 0. The molecule has 0 saturated carbocycles. The van der Waals surface area contributed by atoms with E-state index in [1.165, 1.54) is 89.5 Å². The van der Waals surface area contributed by atoms with Gasteiger partial charge in [-0.15, -0.1) is 0 Å². The van der Waals surface area contributed by atoms with Crippen LogP contribution in [0.3, 0.4) is 0 Å². The molecule has 362 valence electrons. The number of fused-ring (bicyclic) bond motifs is 4. The van der Waals surface area contributed by atoms with Crippen LogP contribution in [0.2, 0.25) is 13.1 Å². The molecule has 0 fully saturated rings. The van der Waals surface area contributed by atoms with Gasteiger partial charge in [0.05, 0.1) is 0 Å². The van der Waals surface area contributed by atoms with Gasteiger partial charge >= 0.3 is 421 Å². The van der Waals surface area contributed by atoms with Crippen molar-refractivity contribution in [2.24, 2.45) is 0 Å². The van der Waals surface area contributed by atoms with Crippen LogP contribution in [0.4, 0.5) is 0 Å². The maximum Gasteiger partial charge on any atom is -1.00 e. The molecular formula is C62H70Cl4Si2Zr2. The number of aryl methyl sites for hydroxylation is 1. The van der Waals surface area contributed by atoms with Gasteiger partial charge in [0.15, 0.2) is 0 Å². The smallest absolute Gasteiger partial charge is 1.00 e. The third-order valence-electron chi connectivity index (χ3n) is 15.4. The largest absolute Gasteiger partial charge is 1.00 e. The third-order valence-corrected chi connectivity index (χ3v) is 53.1. The molecule has 0 saturated heterocycles. The van der Waals surface area contributed by atoms with E-state index in [0.29, 0.717) is 0 Å². The van der Waals surface area contributed by atoms with Gasteiger partial charge in [0.1, 0.15) is 0 Å². The van der Waals surface area contributed by atoms with Gasteiger partial charge in [-0.2, -0.15) is 0 Å². The van der Waals surface area contributed by atoms with E-state index in [2.05, 4.69) is 212 Å². The van der Waals surface area contributed by atoms with Crippen LogP contribution in [0.5, 0.6) is 0 Å². The van der Waals surface area contributed by atoms with Crippen LogP contribution in [0.15, 0.2) is 162 Å². The second-order valence-corrected chi connectivity index (χ2v) is 52.1. The number of halogens is 4. The van der Waals surface area contributed by atoms with E-state index in [4.69, 9.17) is 0 Å². The number of unbranched alkanes of at least 4 members (excludes halogenated alkanes) is 3. The first kappa shape index (κ1) is 58.5. The molecule has 0 spiro atoms. The molecule has 0 heterocycles. The SMILES string of the molecule is CCC1=Cc2ccccc2[CH]1[Zr+2]([SiH2]C)[CH]1C(C)=Cc2c(-c3ccccc3)cccc21.CCCCCCc1ccc2c(c1)[CH]([Zr+2]([SiH2]C)[CH]1C(C)=Cc3c(-c4ccccc4)cccc31)C(CC)=C2.[Cl-].[Cl-].[Cl-].[Cl-]. The van der Waals surface area contributed by atoms with Crippen LogP contribution in [0.25, 0.3) is 46.6 Å². The van der Waals surface area contributed by atoms with Gasteiger partial charge in [0, 0.05) is 0 Å². The number of allylic oxidation sites excluding steroid dienone is 4. The summed E-state index contributed by atoms with van der Waals surface area (Å²) in [5.74, 6) is 0. The zero-order valence-corrected chi connectivity index (χ0v) is 53.0. The molecule has 0 radical (unpaired) electrons. The number of hydrogen-bond donors (Lipinski definition) is 0. The molecule has 0 aromatic heterocycles. The molecule has 4 atom stereocenters. The molecule has 0 nitrogen and oxygen atoms in total. The summed E-state index contributed by atoms with van der Waals surface area (Å²) in [6.07, 6.45) is 19.2. The summed E-state index contributed by atoms with van der Waals surface area (Å²) in [6.45, 7) is 17.1. The summed E-state index contributed by atoms with van der Waals surface area (Å²) in [7, 11) is 0. The zero-order valence-electron chi connectivity index (χ0n) is 42.3. The molecule has 4 aliphatic rings. The Labute approximate surface area is 465 Å². The first-order chi connectivity index (χ1) is 32.4. The molecule has 0 N–H and O–H groups in total. The van der Waals surface area contributed by atoms with Crippen molar-refractivity contribution in [1.29, 1.82) is 0 Å². The third kappa shape index (κ3) is 11.9. The Morgan fingerprint density at radius 1 is 0.429 bits per heavy atom. The van der Waals surface area contributed by atoms with Gasteiger partial charge in [-0.05, 0) is 0 Å². The standard InChI is InChI=1S/C17H23.2C16H13.C11H11.2CH5Si.4ClH.2Zr/c1-3-5-6-7-8-15-9-10-16-11-14(4-2)12-17(16)13-15;2*1-12-10-14-8-5-9-15(16(14)11-12)13-6-3-2-4-7-13;1-2-9-7-10-5-3-4-6-11(10)8-9;2*1-2;;;;;;/h9-13H,3-8H2,1-2H3;2*2-11H,1H3;3-8H,2H2,1H3;2*2H2,1H3;4*1H;;/q;;;;;;;;;;2*+2/p-4. The van der Waals surface area contributed by atoms with Crippen LogP contribution in [0.1, 0.15) is 138 Å². The summed E-state index contributed by atoms with van der Waals surface area (Å²) in [6, 6.07) is 52.9. The van der Waals surface area contributed by atoms with Crippen molar-refractivity contribution in [3.8, 4) is 22.3 Å². The predicted octanol–water partition coefficient (Wildman–Crippen LogP) is 4.36. The van der Waals surface area contributed by atoms with Crippen molar-refractivity contribution < 1.29 is 91.5 Å². The molecule has 6 aromatic carbocycles. The Bertz CT molecular complexity index is 2820. The minimum absolute atomic E-state index is 0. The second-order valence-electron chi connectivity index (χ2n) is 19.3. The fourth-order valence-corrected chi connectivity index (χ4v) is 53.1. The molecule has 10 rings (SSSR count). The average Bonchev–Trinajstić information content (AvgIpc) is 4.11. The van der Waals surface area contributed by atoms with E-state index in [9.17, 15) is 0 Å². The van der Waals surface area contributed by atoms with Crippen molar-refractivity contribution in [3.05, 3.63) is 212 Å². The van der Waals surface area contributed by atoms with Crippen LogP contribution in [-0.4, -0.2) is 13.3 Å². The Morgan fingerprint density at radius 3 is 1.37 bits per heavy atom.